The smallest absolute Gasteiger partial charge is 0.312 e. The minimum Gasteiger partial charge on any atom is -0.481 e. The first-order chi connectivity index (χ1) is 68.0. The molecule has 21 heteroatoms. The topological polar surface area (TPSA) is 308 Å². The Kier molecular flexibility index (Phi) is 33.5. The lowest BCUT2D eigenvalue weighted by atomic mass is 9.33. The van der Waals surface area contributed by atoms with Gasteiger partial charge in [-0.3, -0.25) is 33.6 Å². The van der Waals surface area contributed by atoms with Crippen LogP contribution in [0.15, 0.2) is 70.8 Å². The highest BCUT2D eigenvalue weighted by molar-refractivity contribution is 6.30. The van der Waals surface area contributed by atoms with Gasteiger partial charge in [-0.05, 0) is 374 Å². The van der Waals surface area contributed by atoms with Crippen LogP contribution in [-0.2, 0) is 60.9 Å². The Balaban J connectivity index is 0.000000171. The summed E-state index contributed by atoms with van der Waals surface area (Å²) in [5.41, 5.74) is 14.9. The van der Waals surface area contributed by atoms with Gasteiger partial charge in [0.2, 0.25) is 0 Å². The van der Waals surface area contributed by atoms with Crippen molar-refractivity contribution in [3.63, 3.8) is 0 Å². The van der Waals surface area contributed by atoms with E-state index in [1.54, 1.807) is 27.7 Å². The van der Waals surface area contributed by atoms with Gasteiger partial charge in [0.15, 0.2) is 11.6 Å². The number of ketones is 3. The molecule has 0 spiro atoms. The Morgan fingerprint density at radius 1 is 0.435 bits per heavy atom. The number of fused-ring (bicyclic) bond motifs is 20. The minimum atomic E-state index is -1.17. The van der Waals surface area contributed by atoms with Gasteiger partial charge in [-0.25, -0.2) is 0 Å². The number of hydrogen-bond donors (Lipinski definition) is 9. The molecule has 11 N–H and O–H groups in total. The molecule has 14 fully saturated rings. The molecule has 0 amide bonds. The van der Waals surface area contributed by atoms with E-state index >= 15 is 0 Å². The number of ether oxygens (including phenoxy) is 3. The van der Waals surface area contributed by atoms with Gasteiger partial charge >= 0.3 is 23.9 Å². The molecule has 147 heavy (non-hydrogen) atoms. The van der Waals surface area contributed by atoms with E-state index in [0.717, 1.165) is 175 Å². The molecule has 8 unspecified atom stereocenters. The number of carboxylic acids is 1. The standard InChI is InChI=1S/C48H72ClNO6.C44H64ClNO6.C22H40N2.C10H16O.C2H8N2/c1-29(2)39-33(51)25-48(36(52)28-50-27-30-13-15-31(49)16-14-30)24-23-46(11)32(40(39)48)17-18-35-45(10)21-20-37(44(8,9)34(45)19-22-47(35,46)12)55-38(53)26-43(6,7)41(54)56-42(3,4)5;1-26(2)36-30(47)22-44(33(48)25-46-24-27-10-12-28(45)13-11-27)21-20-42(8)29(37(36)44)14-15-32-41(7)18-17-34(52-35(49)23-39(3,4)38(50)51)40(5,6)31(41)16-19-43(32,42)9;1-19(2)15-7-9-21(19,5)17(13-15)23-11-12-24-18-14-16-8-10-22(18,6)20(16,3)4;1-9(2)7-4-5-10(9,3)8(11)6-7;3-1-2-4/h13-16,29,32,34-37,50,52H,17-28H2,1-12H3;10-13,26,29,31-34,46,48H,14-25H2,1-9H3,(H,50,51);15-18,23-24H,7-14H2,1-6H3;7H,4-6H2,1-3H3;1-4H2/t32-,34+,35-,36+,37+,45+,46-,47-,48+;29-,31+,32-,33+,34+,41+,42-,43-,44+;;;/m11.../s1. The fourth-order valence-corrected chi connectivity index (χ4v) is 37.2. The third-order valence-electron chi connectivity index (χ3n) is 47.7. The summed E-state index contributed by atoms with van der Waals surface area (Å²) in [5.74, 6) is 3.89. The monoisotopic (exact) mass is 2080 g/mol. The molecular formula is C126H200Cl2N6O13. The van der Waals surface area contributed by atoms with E-state index < -0.39 is 51.4 Å². The number of aliphatic hydroxyl groups excluding tert-OH is 2. The highest BCUT2D eigenvalue weighted by Gasteiger charge is 2.75. The Morgan fingerprint density at radius 2 is 0.803 bits per heavy atom. The van der Waals surface area contributed by atoms with Crippen molar-refractivity contribution in [2.75, 3.05) is 39.3 Å². The number of aliphatic hydroxyl groups is 2. The number of halogens is 2. The molecule has 16 aliphatic carbocycles. The summed E-state index contributed by atoms with van der Waals surface area (Å²) in [7, 11) is 0. The zero-order valence-electron chi connectivity index (χ0n) is 96.9. The molecule has 16 aliphatic rings. The lowest BCUT2D eigenvalue weighted by Crippen LogP contribution is -2.66. The van der Waals surface area contributed by atoms with Crippen LogP contribution in [0.3, 0.4) is 0 Å². The number of nitrogens with two attached hydrogens (primary N) is 2. The Hall–Kier alpha value is -4.93. The quantitative estimate of drug-likeness (QED) is 0.0240. The summed E-state index contributed by atoms with van der Waals surface area (Å²) in [6.07, 6.45) is 26.4. The average molecular weight is 2080 g/mol. The first kappa shape index (κ1) is 118. The largest absolute Gasteiger partial charge is 0.481 e. The molecule has 2 aromatic carbocycles. The van der Waals surface area contributed by atoms with Gasteiger partial charge in [-0.1, -0.05) is 218 Å². The molecule has 18 rings (SSSR count). The highest BCUT2D eigenvalue weighted by atomic mass is 35.5. The maximum Gasteiger partial charge on any atom is 0.312 e. The van der Waals surface area contributed by atoms with E-state index in [4.69, 9.17) is 48.9 Å². The first-order valence-electron chi connectivity index (χ1n) is 58.1. The van der Waals surface area contributed by atoms with Crippen LogP contribution in [0.5, 0.6) is 0 Å². The number of esters is 3. The Labute approximate surface area is 897 Å². The van der Waals surface area contributed by atoms with E-state index in [2.05, 4.69) is 181 Å². The molecule has 2 aromatic rings. The van der Waals surface area contributed by atoms with Crippen LogP contribution in [0.2, 0.25) is 10.0 Å². The summed E-state index contributed by atoms with van der Waals surface area (Å²) in [5, 5.41) is 50.3. The number of nitrogens with one attached hydrogen (secondary N) is 4. The number of rotatable bonds is 26. The highest BCUT2D eigenvalue weighted by Crippen LogP contribution is 2.81. The number of Topliss-reactive ketones (excluding diaryl/α,β-unsaturated/α-hetero) is 3. The molecule has 19 nitrogen and oxygen atoms in total. The predicted molar refractivity (Wildman–Crippen MR) is 592 cm³/mol. The second-order valence-corrected chi connectivity index (χ2v) is 59.5. The molecule has 0 aromatic heterocycles. The molecule has 26 atom stereocenters. The summed E-state index contributed by atoms with van der Waals surface area (Å²) >= 11 is 12.2. The molecule has 0 saturated heterocycles. The van der Waals surface area contributed by atoms with Crippen LogP contribution in [0.4, 0.5) is 0 Å². The fourth-order valence-electron chi connectivity index (χ4n) is 37.0. The van der Waals surface area contributed by atoms with E-state index in [1.165, 1.54) is 56.1 Å². The minimum absolute atomic E-state index is 0.00928. The Bertz CT molecular complexity index is 5170. The number of carboxylic acid groups (broad SMARTS) is 1. The third kappa shape index (κ3) is 20.2. The van der Waals surface area contributed by atoms with Crippen molar-refractivity contribution in [2.24, 2.45) is 174 Å². The maximum absolute atomic E-state index is 14.1. The number of aliphatic carboxylic acids is 1. The van der Waals surface area contributed by atoms with Gasteiger partial charge < -0.3 is 62.3 Å². The number of carbonyl (C=O) groups excluding carboxylic acids is 6. The summed E-state index contributed by atoms with van der Waals surface area (Å²) in [6, 6.07) is 17.1. The zero-order chi connectivity index (χ0) is 109. The number of carbonyl (C=O) groups is 7. The van der Waals surface area contributed by atoms with Gasteiger partial charge in [-0.15, -0.1) is 0 Å². The van der Waals surface area contributed by atoms with Gasteiger partial charge in [0.1, 0.15) is 23.6 Å². The van der Waals surface area contributed by atoms with Crippen LogP contribution in [-0.4, -0.2) is 138 Å². The van der Waals surface area contributed by atoms with Crippen molar-refractivity contribution >= 4 is 64.4 Å². The van der Waals surface area contributed by atoms with Crippen LogP contribution in [0.1, 0.15) is 405 Å². The second kappa shape index (κ2) is 41.9. The fraction of sp³-hybridized carbons (Fsp3) is 0.817. The Morgan fingerprint density at radius 3 is 1.11 bits per heavy atom. The van der Waals surface area contributed by atoms with Crippen molar-refractivity contribution < 1.29 is 63.1 Å². The van der Waals surface area contributed by atoms with E-state index in [9.17, 15) is 48.9 Å². The first-order valence-corrected chi connectivity index (χ1v) is 58.8. The van der Waals surface area contributed by atoms with Crippen molar-refractivity contribution in [3.8, 4) is 0 Å². The molecule has 14 saturated carbocycles. The predicted octanol–water partition coefficient (Wildman–Crippen LogP) is 25.5. The molecule has 6 bridgehead atoms. The van der Waals surface area contributed by atoms with Crippen LogP contribution in [0.25, 0.3) is 0 Å². The summed E-state index contributed by atoms with van der Waals surface area (Å²) in [6.45, 7) is 72.7. The SMILES string of the molecule is CC(C)C1=C2[C@H]3CC[C@@H]4[C@@]5(C)CC[C@H](OC(=O)CC(C)(C)C(=O)O)C(C)(C)[C@@H]5CC[C@@]4(C)[C@]3(C)CC[C@@]2([C@@H](O)CNCc2ccc(Cl)cc2)CC1=O.CC(C)C1=C2[C@H]3CC[C@@H]4[C@@]5(C)CC[C@H](OC(=O)CC(C)(C)C(=O)OC(C)(C)C)C(C)(C)[C@@H]5CC[C@@]4(C)[C@]3(C)CC[C@@]2([C@@H](O)CNCc2ccc(Cl)cc2)CC1=O.CC1(C)C2CCC1(C)C(NCCNC1CC3CCC1(C)C3(C)C)C2.CC12CCC(CC1=O)C2(C)C.NCCN. The number of benzene rings is 2. The van der Waals surface area contributed by atoms with Crippen LogP contribution >= 0.6 is 23.2 Å². The normalized spacial score (nSPS) is 39.0. The molecule has 826 valence electrons. The molecule has 0 radical (unpaired) electrons. The second-order valence-electron chi connectivity index (χ2n) is 58.6. The third-order valence-corrected chi connectivity index (χ3v) is 48.2. The summed E-state index contributed by atoms with van der Waals surface area (Å²) < 4.78 is 18.1. The lowest BCUT2D eigenvalue weighted by molar-refractivity contribution is -0.235. The molecular weight excluding hydrogens is 1880 g/mol. The summed E-state index contributed by atoms with van der Waals surface area (Å²) in [4.78, 5) is 91.0. The van der Waals surface area contributed by atoms with E-state index in [0.29, 0.717) is 119 Å². The van der Waals surface area contributed by atoms with Crippen LogP contribution in [0, 0.1) is 163 Å². The molecule has 0 aliphatic heterocycles. The average Bonchev–Trinajstić information content (AvgIpc) is 1.63. The zero-order valence-corrected chi connectivity index (χ0v) is 98.4. The van der Waals surface area contributed by atoms with Gasteiger partial charge in [0, 0.05) is 121 Å². The van der Waals surface area contributed by atoms with E-state index in [1.807, 2.05) is 69.3 Å². The maximum atomic E-state index is 14.1. The van der Waals surface area contributed by atoms with Crippen molar-refractivity contribution in [3.05, 3.63) is 92.0 Å². The number of allylic oxidation sites excluding steroid dienone is 2. The van der Waals surface area contributed by atoms with Gasteiger partial charge in [0.25, 0.3) is 0 Å². The van der Waals surface area contributed by atoms with Crippen molar-refractivity contribution in [2.45, 2.75) is 449 Å². The lowest BCUT2D eigenvalue weighted by Gasteiger charge is -2.72. The van der Waals surface area contributed by atoms with E-state index in [-0.39, 0.29) is 126 Å². The van der Waals surface area contributed by atoms with Crippen LogP contribution < -0.4 is 32.7 Å². The number of hydrogen-bond acceptors (Lipinski definition) is 18. The van der Waals surface area contributed by atoms with Gasteiger partial charge in [0.05, 0.1) is 35.9 Å². The molecule has 0 heterocycles. The van der Waals surface area contributed by atoms with Crippen molar-refractivity contribution in [1.29, 1.82) is 0 Å². The van der Waals surface area contributed by atoms with Gasteiger partial charge in [-0.2, -0.15) is 0 Å². The van der Waals surface area contributed by atoms with Crippen molar-refractivity contribution in [1.82, 2.24) is 21.3 Å².